The lowest BCUT2D eigenvalue weighted by Gasteiger charge is -2.29. The number of carbonyl (C=O) groups is 6. The van der Waals surface area contributed by atoms with E-state index in [2.05, 4.69) is 25.8 Å². The molecule has 16 heteroatoms. The number of nitrogens with one attached hydrogen (secondary N) is 3. The van der Waals surface area contributed by atoms with Gasteiger partial charge in [0.25, 0.3) is 11.8 Å². The van der Waals surface area contributed by atoms with E-state index in [0.717, 1.165) is 61.5 Å². The highest BCUT2D eigenvalue weighted by Crippen LogP contribution is 2.33. The van der Waals surface area contributed by atoms with Crippen LogP contribution in [0.25, 0.3) is 10.9 Å². The van der Waals surface area contributed by atoms with Crippen molar-refractivity contribution >= 4 is 46.3 Å². The first-order valence-corrected chi connectivity index (χ1v) is 20.4. The Labute approximate surface area is 344 Å². The quantitative estimate of drug-likeness (QED) is 0.223. The molecule has 0 bridgehead atoms. The fourth-order valence-corrected chi connectivity index (χ4v) is 8.90. The third-order valence-corrected chi connectivity index (χ3v) is 12.0. The minimum Gasteiger partial charge on any atom is -0.489 e. The van der Waals surface area contributed by atoms with Gasteiger partial charge >= 0.3 is 0 Å². The average Bonchev–Trinajstić information content (AvgIpc) is 4.04. The first-order valence-electron chi connectivity index (χ1n) is 20.4. The molecule has 3 aromatic carbocycles. The Morgan fingerprint density at radius 1 is 0.717 bits per heavy atom. The molecule has 6 aliphatic rings. The fraction of sp³-hybridized carbons (Fsp3) is 0.386. The number of amides is 6. The van der Waals surface area contributed by atoms with Gasteiger partial charge < -0.3 is 24.6 Å². The maximum Gasteiger partial charge on any atom is 0.255 e. The van der Waals surface area contributed by atoms with E-state index in [-0.39, 0.29) is 60.4 Å². The number of piperidine rings is 2. The number of aromatic nitrogens is 1. The second-order valence-corrected chi connectivity index (χ2v) is 16.1. The summed E-state index contributed by atoms with van der Waals surface area (Å²) in [4.78, 5) is 82.2. The van der Waals surface area contributed by atoms with E-state index in [1.807, 2.05) is 24.3 Å². The number of imide groups is 2. The van der Waals surface area contributed by atoms with Crippen LogP contribution in [0.3, 0.4) is 0 Å². The van der Waals surface area contributed by atoms with Crippen LogP contribution in [0.4, 0.5) is 4.39 Å². The third kappa shape index (κ3) is 8.04. The second-order valence-electron chi connectivity index (χ2n) is 16.1. The number of hydrogen-bond donors (Lipinski definition) is 3. The van der Waals surface area contributed by atoms with Gasteiger partial charge in [0, 0.05) is 74.8 Å². The van der Waals surface area contributed by atoms with Gasteiger partial charge in [-0.2, -0.15) is 0 Å². The summed E-state index contributed by atoms with van der Waals surface area (Å²) in [6, 6.07) is 16.4. The van der Waals surface area contributed by atoms with Gasteiger partial charge in [-0.3, -0.25) is 49.3 Å². The standard InChI is InChI=1S/C27H25FN4O4.C17H19N3O4/c28-22-2-1-3-23-21(22)10-16(12-29-23)13-31-9-8-19(15-31)36-18-4-5-20-17(11-18)14-32(27(20)35)24-6-7-25(33)30-26(24)34;21-15-4-3-14(16(22)19-15)20-9-10-7-11(1-2-13(10)17(20)23)24-12-5-6-18-8-12/h1-5,10-12,19,24H,6-9,13-15H2,(H,30,33,34);1-2,7,12,14,18H,3-6,8-9H2,(H,19,21,22)/t19-,24?;12-,14?/m00/s1. The van der Waals surface area contributed by atoms with Gasteiger partial charge in [-0.25, -0.2) is 4.39 Å². The molecule has 10 rings (SSSR count). The average molecular weight is 818 g/mol. The number of nitrogens with zero attached hydrogens (tertiary/aromatic N) is 4. The molecule has 4 aromatic rings. The number of fused-ring (bicyclic) bond motifs is 3. The van der Waals surface area contributed by atoms with E-state index in [4.69, 9.17) is 9.47 Å². The molecular weight excluding hydrogens is 774 g/mol. The van der Waals surface area contributed by atoms with E-state index in [1.165, 1.54) is 11.0 Å². The van der Waals surface area contributed by atoms with Gasteiger partial charge in [0.2, 0.25) is 23.6 Å². The van der Waals surface area contributed by atoms with Crippen molar-refractivity contribution in [1.29, 1.82) is 0 Å². The number of rotatable bonds is 8. The van der Waals surface area contributed by atoms with Crippen molar-refractivity contribution in [2.24, 2.45) is 0 Å². The Hall–Kier alpha value is -6.26. The molecule has 0 radical (unpaired) electrons. The topological polar surface area (TPSA) is 180 Å². The smallest absolute Gasteiger partial charge is 0.255 e. The summed E-state index contributed by atoms with van der Waals surface area (Å²) in [5.74, 6) is -0.566. The Bertz CT molecular complexity index is 2420. The van der Waals surface area contributed by atoms with Gasteiger partial charge in [-0.15, -0.1) is 0 Å². The van der Waals surface area contributed by atoms with Gasteiger partial charge in [-0.05, 0) is 104 Å². The molecule has 3 N–H and O–H groups in total. The van der Waals surface area contributed by atoms with Crippen LogP contribution in [-0.2, 0) is 38.8 Å². The predicted octanol–water partition coefficient (Wildman–Crippen LogP) is 2.98. The van der Waals surface area contributed by atoms with Gasteiger partial charge in [0.1, 0.15) is 41.6 Å². The zero-order chi connectivity index (χ0) is 41.5. The summed E-state index contributed by atoms with van der Waals surface area (Å²) < 4.78 is 26.3. The molecule has 0 spiro atoms. The summed E-state index contributed by atoms with van der Waals surface area (Å²) >= 11 is 0. The van der Waals surface area contributed by atoms with Crippen molar-refractivity contribution < 1.29 is 42.6 Å². The molecule has 60 heavy (non-hydrogen) atoms. The number of halogens is 1. The molecular formula is C44H44FN7O8. The number of pyridine rings is 1. The predicted molar refractivity (Wildman–Crippen MR) is 213 cm³/mol. The summed E-state index contributed by atoms with van der Waals surface area (Å²) in [5, 5.41) is 8.41. The van der Waals surface area contributed by atoms with E-state index < -0.39 is 18.0 Å². The van der Waals surface area contributed by atoms with Crippen molar-refractivity contribution in [3.63, 3.8) is 0 Å². The number of hydrogen-bond acceptors (Lipinski definition) is 11. The molecule has 15 nitrogen and oxygen atoms in total. The van der Waals surface area contributed by atoms with Crippen LogP contribution in [0.5, 0.6) is 11.5 Å². The maximum atomic E-state index is 14.1. The van der Waals surface area contributed by atoms with Crippen molar-refractivity contribution in [3.8, 4) is 11.5 Å². The third-order valence-electron chi connectivity index (χ3n) is 12.0. The Morgan fingerprint density at radius 3 is 1.92 bits per heavy atom. The monoisotopic (exact) mass is 817 g/mol. The fourth-order valence-electron chi connectivity index (χ4n) is 8.90. The highest BCUT2D eigenvalue weighted by molar-refractivity contribution is 6.06. The van der Waals surface area contributed by atoms with Crippen LogP contribution >= 0.6 is 0 Å². The lowest BCUT2D eigenvalue weighted by molar-refractivity contribution is -0.138. The SMILES string of the molecule is O=C1CCC(N2Cc3cc(O[C@H]4CCN(Cc5cnc6cccc(F)c6c5)C4)ccc3C2=O)C(=O)N1.O=C1CCC(N2Cc3cc(O[C@H]4CCNC4)ccc3C2=O)C(=O)N1. The minimum atomic E-state index is -0.631. The zero-order valence-corrected chi connectivity index (χ0v) is 32.8. The van der Waals surface area contributed by atoms with E-state index in [9.17, 15) is 33.2 Å². The largest absolute Gasteiger partial charge is 0.489 e. The Kier molecular flexibility index (Phi) is 10.7. The second kappa shape index (κ2) is 16.4. The van der Waals surface area contributed by atoms with Crippen LogP contribution in [0, 0.1) is 5.82 Å². The highest BCUT2D eigenvalue weighted by Gasteiger charge is 2.41. The van der Waals surface area contributed by atoms with Crippen LogP contribution in [0.2, 0.25) is 0 Å². The van der Waals surface area contributed by atoms with Crippen LogP contribution in [0.1, 0.15) is 75.9 Å². The van der Waals surface area contributed by atoms with Crippen molar-refractivity contribution in [1.82, 2.24) is 35.6 Å². The van der Waals surface area contributed by atoms with Crippen molar-refractivity contribution in [2.45, 2.75) is 82.5 Å². The van der Waals surface area contributed by atoms with Crippen LogP contribution in [0.15, 0.2) is 66.9 Å². The molecule has 1 aromatic heterocycles. The number of benzene rings is 3. The molecule has 4 fully saturated rings. The summed E-state index contributed by atoms with van der Waals surface area (Å²) in [7, 11) is 0. The molecule has 4 saturated heterocycles. The van der Waals surface area contributed by atoms with Crippen molar-refractivity contribution in [3.05, 3.63) is 100 Å². The summed E-state index contributed by atoms with van der Waals surface area (Å²) in [6.07, 6.45) is 4.98. The number of ether oxygens (including phenoxy) is 2. The highest BCUT2D eigenvalue weighted by atomic mass is 19.1. The molecule has 0 aliphatic carbocycles. The molecule has 310 valence electrons. The Morgan fingerprint density at radius 2 is 1.33 bits per heavy atom. The normalized spacial score (nSPS) is 23.9. The summed E-state index contributed by atoms with van der Waals surface area (Å²) in [6.45, 7) is 4.73. The van der Waals surface area contributed by atoms with Gasteiger partial charge in [0.05, 0.1) is 5.52 Å². The molecule has 0 saturated carbocycles. The number of carbonyl (C=O) groups excluding carboxylic acids is 6. The summed E-state index contributed by atoms with van der Waals surface area (Å²) in [5.41, 5.74) is 4.47. The zero-order valence-electron chi connectivity index (χ0n) is 32.8. The lowest BCUT2D eigenvalue weighted by atomic mass is 10.0. The molecule has 7 heterocycles. The molecule has 6 amide bonds. The number of likely N-dealkylation sites (tertiary alicyclic amines) is 1. The van der Waals surface area contributed by atoms with Gasteiger partial charge in [0.15, 0.2) is 0 Å². The van der Waals surface area contributed by atoms with E-state index in [1.54, 1.807) is 41.4 Å². The first kappa shape index (κ1) is 39.2. The maximum absolute atomic E-state index is 14.1. The van der Waals surface area contributed by atoms with Gasteiger partial charge in [-0.1, -0.05) is 6.07 Å². The minimum absolute atomic E-state index is 0.00320. The van der Waals surface area contributed by atoms with Crippen molar-refractivity contribution in [2.75, 3.05) is 26.2 Å². The Balaban J connectivity index is 0.000000167. The first-order chi connectivity index (χ1) is 29.1. The van der Waals surface area contributed by atoms with Crippen LogP contribution < -0.4 is 25.4 Å². The van der Waals surface area contributed by atoms with E-state index in [0.29, 0.717) is 60.3 Å². The molecule has 4 atom stereocenters. The van der Waals surface area contributed by atoms with E-state index >= 15 is 0 Å². The molecule has 2 unspecified atom stereocenters. The lowest BCUT2D eigenvalue weighted by Crippen LogP contribution is -2.52. The molecule has 6 aliphatic heterocycles. The van der Waals surface area contributed by atoms with Crippen LogP contribution in [-0.4, -0.2) is 106 Å².